The highest BCUT2D eigenvalue weighted by molar-refractivity contribution is 7.99. The Morgan fingerprint density at radius 3 is 2.92 bits per heavy atom. The average Bonchev–Trinajstić information content (AvgIpc) is 3.36. The molecule has 144 valence electrons. The van der Waals surface area contributed by atoms with Gasteiger partial charge in [-0.2, -0.15) is 11.8 Å². The largest absolute Gasteiger partial charge is 0.383 e. The van der Waals surface area contributed by atoms with Gasteiger partial charge in [-0.1, -0.05) is 18.2 Å². The minimum absolute atomic E-state index is 0.149. The van der Waals surface area contributed by atoms with Crippen LogP contribution in [0.5, 0.6) is 0 Å². The molecule has 0 spiro atoms. The van der Waals surface area contributed by atoms with E-state index in [-0.39, 0.29) is 5.91 Å². The van der Waals surface area contributed by atoms with E-state index in [2.05, 4.69) is 45.4 Å². The van der Waals surface area contributed by atoms with Crippen LogP contribution in [-0.4, -0.2) is 74.8 Å². The van der Waals surface area contributed by atoms with Crippen molar-refractivity contribution in [2.75, 3.05) is 62.8 Å². The van der Waals surface area contributed by atoms with Crippen molar-refractivity contribution in [3.8, 4) is 0 Å². The number of ether oxygens (including phenoxy) is 1. The Morgan fingerprint density at radius 2 is 2.19 bits per heavy atom. The molecule has 26 heavy (non-hydrogen) atoms. The predicted octanol–water partition coefficient (Wildman–Crippen LogP) is 2.08. The number of para-hydroxylation sites is 1. The third-order valence-electron chi connectivity index (χ3n) is 5.35. The van der Waals surface area contributed by atoms with Crippen molar-refractivity contribution in [2.24, 2.45) is 5.92 Å². The minimum Gasteiger partial charge on any atom is -0.383 e. The number of carbonyl (C=O) groups excluding carboxylic acids is 1. The van der Waals surface area contributed by atoms with E-state index in [1.165, 1.54) is 17.9 Å². The molecule has 2 atom stereocenters. The highest BCUT2D eigenvalue weighted by atomic mass is 32.2. The summed E-state index contributed by atoms with van der Waals surface area (Å²) in [5.74, 6) is 3.02. The summed E-state index contributed by atoms with van der Waals surface area (Å²) in [5, 5.41) is 3.17. The van der Waals surface area contributed by atoms with E-state index < -0.39 is 0 Å². The second kappa shape index (κ2) is 10.2. The van der Waals surface area contributed by atoms with Gasteiger partial charge < -0.3 is 15.0 Å². The first-order chi connectivity index (χ1) is 12.8. The second-order valence-corrected chi connectivity index (χ2v) is 8.37. The molecule has 2 saturated heterocycles. The Balaban J connectivity index is 1.41. The molecule has 0 aromatic heterocycles. The van der Waals surface area contributed by atoms with Crippen molar-refractivity contribution in [1.29, 1.82) is 0 Å². The second-order valence-electron chi connectivity index (χ2n) is 7.22. The Morgan fingerprint density at radius 1 is 1.35 bits per heavy atom. The maximum absolute atomic E-state index is 12.5. The van der Waals surface area contributed by atoms with Gasteiger partial charge in [0.25, 0.3) is 0 Å². The normalized spacial score (nSPS) is 22.9. The standard InChI is InChI=1S/C20H31N3O2S/c1-25-11-10-23(19-8-12-26-16-19)15-20(24)21-13-17-7-9-22(14-17)18-5-3-2-4-6-18/h2-6,17,19H,7-16H2,1H3,(H,21,24). The molecule has 1 amide bonds. The van der Waals surface area contributed by atoms with Crippen molar-refractivity contribution in [3.05, 3.63) is 30.3 Å². The molecule has 1 N–H and O–H groups in total. The third-order valence-corrected chi connectivity index (χ3v) is 6.49. The topological polar surface area (TPSA) is 44.8 Å². The van der Waals surface area contributed by atoms with E-state index in [1.807, 2.05) is 11.8 Å². The van der Waals surface area contributed by atoms with Crippen LogP contribution in [0.2, 0.25) is 0 Å². The first-order valence-electron chi connectivity index (χ1n) is 9.63. The maximum Gasteiger partial charge on any atom is 0.234 e. The van der Waals surface area contributed by atoms with Crippen molar-refractivity contribution in [1.82, 2.24) is 10.2 Å². The zero-order valence-corrected chi connectivity index (χ0v) is 16.5. The summed E-state index contributed by atoms with van der Waals surface area (Å²) >= 11 is 1.98. The van der Waals surface area contributed by atoms with Crippen LogP contribution < -0.4 is 10.2 Å². The number of thioether (sulfide) groups is 1. The zero-order valence-electron chi connectivity index (χ0n) is 15.7. The van der Waals surface area contributed by atoms with E-state index in [4.69, 9.17) is 4.74 Å². The van der Waals surface area contributed by atoms with E-state index in [1.54, 1.807) is 7.11 Å². The van der Waals surface area contributed by atoms with Gasteiger partial charge in [0, 0.05) is 50.8 Å². The lowest BCUT2D eigenvalue weighted by molar-refractivity contribution is -0.123. The van der Waals surface area contributed by atoms with Gasteiger partial charge in [-0.05, 0) is 36.6 Å². The van der Waals surface area contributed by atoms with Crippen LogP contribution in [-0.2, 0) is 9.53 Å². The van der Waals surface area contributed by atoms with E-state index in [9.17, 15) is 4.79 Å². The fourth-order valence-electron chi connectivity index (χ4n) is 3.78. The first kappa shape index (κ1) is 19.5. The van der Waals surface area contributed by atoms with Crippen molar-refractivity contribution in [3.63, 3.8) is 0 Å². The number of carbonyl (C=O) groups is 1. The number of rotatable bonds is 9. The van der Waals surface area contributed by atoms with Gasteiger partial charge in [0.1, 0.15) is 0 Å². The van der Waals surface area contributed by atoms with Crippen LogP contribution in [0.3, 0.4) is 0 Å². The van der Waals surface area contributed by atoms with Crippen molar-refractivity contribution in [2.45, 2.75) is 18.9 Å². The molecule has 0 radical (unpaired) electrons. The summed E-state index contributed by atoms with van der Waals surface area (Å²) in [6, 6.07) is 11.1. The SMILES string of the molecule is COCCN(CC(=O)NCC1CCN(c2ccccc2)C1)C1CCSC1. The lowest BCUT2D eigenvalue weighted by Crippen LogP contribution is -2.45. The highest BCUT2D eigenvalue weighted by Gasteiger charge is 2.26. The highest BCUT2D eigenvalue weighted by Crippen LogP contribution is 2.23. The zero-order chi connectivity index (χ0) is 18.2. The third kappa shape index (κ3) is 5.63. The molecule has 5 nitrogen and oxygen atoms in total. The Labute approximate surface area is 161 Å². The molecular formula is C20H31N3O2S. The maximum atomic E-state index is 12.5. The van der Waals surface area contributed by atoms with E-state index >= 15 is 0 Å². The number of amides is 1. The van der Waals surface area contributed by atoms with Gasteiger partial charge in [0.05, 0.1) is 13.2 Å². The van der Waals surface area contributed by atoms with Gasteiger partial charge in [-0.15, -0.1) is 0 Å². The summed E-state index contributed by atoms with van der Waals surface area (Å²) in [6.07, 6.45) is 2.32. The van der Waals surface area contributed by atoms with Gasteiger partial charge in [-0.3, -0.25) is 9.69 Å². The molecular weight excluding hydrogens is 346 g/mol. The predicted molar refractivity (Wildman–Crippen MR) is 109 cm³/mol. The molecule has 6 heteroatoms. The molecule has 2 fully saturated rings. The van der Waals surface area contributed by atoms with Crippen LogP contribution in [0.15, 0.2) is 30.3 Å². The molecule has 2 unspecified atom stereocenters. The Bertz CT molecular complexity index is 551. The lowest BCUT2D eigenvalue weighted by Gasteiger charge is -2.27. The van der Waals surface area contributed by atoms with Crippen LogP contribution in [0, 0.1) is 5.92 Å². The Kier molecular flexibility index (Phi) is 7.65. The number of methoxy groups -OCH3 is 1. The summed E-state index contributed by atoms with van der Waals surface area (Å²) in [5.41, 5.74) is 1.28. The summed E-state index contributed by atoms with van der Waals surface area (Å²) in [7, 11) is 1.72. The quantitative estimate of drug-likeness (QED) is 0.714. The number of nitrogens with zero attached hydrogens (tertiary/aromatic N) is 2. The fourth-order valence-corrected chi connectivity index (χ4v) is 5.04. The van der Waals surface area contributed by atoms with Gasteiger partial charge in [0.2, 0.25) is 5.91 Å². The molecule has 1 aromatic carbocycles. The van der Waals surface area contributed by atoms with E-state index in [0.29, 0.717) is 25.1 Å². The fraction of sp³-hybridized carbons (Fsp3) is 0.650. The molecule has 0 aliphatic carbocycles. The molecule has 1 aromatic rings. The molecule has 0 saturated carbocycles. The van der Waals surface area contributed by atoms with Crippen LogP contribution in [0.1, 0.15) is 12.8 Å². The molecule has 2 heterocycles. The monoisotopic (exact) mass is 377 g/mol. The van der Waals surface area contributed by atoms with Gasteiger partial charge in [-0.25, -0.2) is 0 Å². The Hall–Kier alpha value is -1.24. The van der Waals surface area contributed by atoms with Crippen LogP contribution in [0.4, 0.5) is 5.69 Å². The number of nitrogens with one attached hydrogen (secondary N) is 1. The summed E-state index contributed by atoms with van der Waals surface area (Å²) in [6.45, 7) is 4.88. The minimum atomic E-state index is 0.149. The van der Waals surface area contributed by atoms with E-state index in [0.717, 1.165) is 38.4 Å². The number of hydrogen-bond acceptors (Lipinski definition) is 5. The molecule has 3 rings (SSSR count). The van der Waals surface area contributed by atoms with Crippen LogP contribution in [0.25, 0.3) is 0 Å². The van der Waals surface area contributed by atoms with Crippen LogP contribution >= 0.6 is 11.8 Å². The average molecular weight is 378 g/mol. The molecule has 0 bridgehead atoms. The first-order valence-corrected chi connectivity index (χ1v) is 10.8. The van der Waals surface area contributed by atoms with Crippen molar-refractivity contribution < 1.29 is 9.53 Å². The molecule has 2 aliphatic rings. The smallest absolute Gasteiger partial charge is 0.234 e. The number of anilines is 1. The summed E-state index contributed by atoms with van der Waals surface area (Å²) in [4.78, 5) is 17.2. The van der Waals surface area contributed by atoms with Gasteiger partial charge in [0.15, 0.2) is 0 Å². The van der Waals surface area contributed by atoms with Gasteiger partial charge >= 0.3 is 0 Å². The summed E-state index contributed by atoms with van der Waals surface area (Å²) < 4.78 is 5.22. The number of hydrogen-bond donors (Lipinski definition) is 1. The van der Waals surface area contributed by atoms with Crippen molar-refractivity contribution >= 4 is 23.4 Å². The lowest BCUT2D eigenvalue weighted by atomic mass is 10.1. The number of benzene rings is 1. The molecule has 2 aliphatic heterocycles.